The molecule has 6 heteroatoms. The number of nitrogens with two attached hydrogens (primary N) is 1. The molecule has 0 aromatic carbocycles. The van der Waals surface area contributed by atoms with Gasteiger partial charge in [0.2, 0.25) is 0 Å². The van der Waals surface area contributed by atoms with Crippen LogP contribution in [0.15, 0.2) is 30.7 Å². The fraction of sp³-hybridized carbons (Fsp3) is 0.250. The molecule has 2 rings (SSSR count). The zero-order valence-electron chi connectivity index (χ0n) is 10.3. The number of nitrogens with zero attached hydrogens (tertiary/aromatic N) is 3. The lowest BCUT2D eigenvalue weighted by Crippen LogP contribution is -2.12. The molecule has 2 aromatic rings. The van der Waals surface area contributed by atoms with Crippen molar-refractivity contribution in [1.29, 1.82) is 5.41 Å². The van der Waals surface area contributed by atoms with Gasteiger partial charge in [0.15, 0.2) is 5.75 Å². The minimum absolute atomic E-state index is 0.0849. The molecule has 2 aromatic heterocycles. The van der Waals surface area contributed by atoms with Gasteiger partial charge >= 0.3 is 0 Å². The third-order valence-electron chi connectivity index (χ3n) is 2.35. The van der Waals surface area contributed by atoms with Crippen LogP contribution in [0, 0.1) is 5.41 Å². The molecular formula is C12H15N5O. The normalized spacial score (nSPS) is 10.6. The van der Waals surface area contributed by atoms with E-state index in [1.807, 2.05) is 24.7 Å². The van der Waals surface area contributed by atoms with Gasteiger partial charge in [-0.25, -0.2) is 0 Å². The topological polar surface area (TPSA) is 89.8 Å². The van der Waals surface area contributed by atoms with Gasteiger partial charge < -0.3 is 10.5 Å². The summed E-state index contributed by atoms with van der Waals surface area (Å²) in [5, 5.41) is 11.5. The van der Waals surface area contributed by atoms with E-state index in [0.29, 0.717) is 17.2 Å². The zero-order valence-corrected chi connectivity index (χ0v) is 10.3. The van der Waals surface area contributed by atoms with Crippen molar-refractivity contribution in [2.75, 3.05) is 0 Å². The standard InChI is InChI=1S/C12H15N5O/c1-8(2)17-7-10(6-16-17)18-9-3-4-15-11(5-9)12(13)14/h3-8H,1-2H3,(H3,13,14). The first-order valence-electron chi connectivity index (χ1n) is 5.58. The van der Waals surface area contributed by atoms with Crippen molar-refractivity contribution in [3.8, 4) is 11.5 Å². The van der Waals surface area contributed by atoms with Crippen molar-refractivity contribution in [1.82, 2.24) is 14.8 Å². The molecule has 94 valence electrons. The minimum atomic E-state index is -0.0849. The van der Waals surface area contributed by atoms with E-state index in [9.17, 15) is 0 Å². The fourth-order valence-electron chi connectivity index (χ4n) is 1.41. The average molecular weight is 245 g/mol. The second kappa shape index (κ2) is 4.87. The van der Waals surface area contributed by atoms with E-state index < -0.39 is 0 Å². The van der Waals surface area contributed by atoms with E-state index in [0.717, 1.165) is 0 Å². The van der Waals surface area contributed by atoms with Crippen LogP contribution in [-0.4, -0.2) is 20.6 Å². The molecule has 6 nitrogen and oxygen atoms in total. The molecule has 0 spiro atoms. The van der Waals surface area contributed by atoms with E-state index >= 15 is 0 Å². The first-order valence-corrected chi connectivity index (χ1v) is 5.58. The number of nitrogen functional groups attached to an aromatic ring is 1. The molecule has 0 bridgehead atoms. The summed E-state index contributed by atoms with van der Waals surface area (Å²) in [5.41, 5.74) is 5.76. The lowest BCUT2D eigenvalue weighted by molar-refractivity contribution is 0.476. The highest BCUT2D eigenvalue weighted by molar-refractivity contribution is 5.93. The smallest absolute Gasteiger partial charge is 0.165 e. The minimum Gasteiger partial charge on any atom is -0.454 e. The Bertz CT molecular complexity index is 561. The average Bonchev–Trinajstić information content (AvgIpc) is 2.78. The summed E-state index contributed by atoms with van der Waals surface area (Å²) in [6, 6.07) is 3.61. The molecule has 0 aliphatic rings. The summed E-state index contributed by atoms with van der Waals surface area (Å²) in [4.78, 5) is 3.96. The van der Waals surface area contributed by atoms with Crippen molar-refractivity contribution in [3.05, 3.63) is 36.4 Å². The molecule has 0 unspecified atom stereocenters. The quantitative estimate of drug-likeness (QED) is 0.636. The van der Waals surface area contributed by atoms with Crippen LogP contribution >= 0.6 is 0 Å². The van der Waals surface area contributed by atoms with Gasteiger partial charge in [0.25, 0.3) is 0 Å². The molecule has 0 saturated heterocycles. The van der Waals surface area contributed by atoms with Crippen LogP contribution in [0.1, 0.15) is 25.6 Å². The van der Waals surface area contributed by atoms with Crippen LogP contribution in [0.25, 0.3) is 0 Å². The Morgan fingerprint density at radius 2 is 2.22 bits per heavy atom. The van der Waals surface area contributed by atoms with Crippen molar-refractivity contribution in [3.63, 3.8) is 0 Å². The van der Waals surface area contributed by atoms with Crippen LogP contribution in [0.2, 0.25) is 0 Å². The van der Waals surface area contributed by atoms with Crippen LogP contribution in [0.4, 0.5) is 0 Å². The Morgan fingerprint density at radius 3 is 2.83 bits per heavy atom. The van der Waals surface area contributed by atoms with E-state index in [4.69, 9.17) is 15.9 Å². The van der Waals surface area contributed by atoms with Gasteiger partial charge in [-0.05, 0) is 19.9 Å². The summed E-state index contributed by atoms with van der Waals surface area (Å²) in [5.74, 6) is 1.14. The van der Waals surface area contributed by atoms with Gasteiger partial charge in [-0.15, -0.1) is 0 Å². The second-order valence-corrected chi connectivity index (χ2v) is 4.14. The number of amidine groups is 1. The Kier molecular flexibility index (Phi) is 3.27. The number of rotatable bonds is 4. The maximum absolute atomic E-state index is 7.32. The Labute approximate surface area is 105 Å². The monoisotopic (exact) mass is 245 g/mol. The van der Waals surface area contributed by atoms with Gasteiger partial charge in [0.1, 0.15) is 17.3 Å². The molecule has 3 N–H and O–H groups in total. The third-order valence-corrected chi connectivity index (χ3v) is 2.35. The highest BCUT2D eigenvalue weighted by atomic mass is 16.5. The van der Waals surface area contributed by atoms with Crippen molar-refractivity contribution >= 4 is 5.84 Å². The molecule has 0 saturated carbocycles. The van der Waals surface area contributed by atoms with E-state index in [2.05, 4.69) is 10.1 Å². The molecule has 0 atom stereocenters. The lowest BCUT2D eigenvalue weighted by atomic mass is 10.3. The van der Waals surface area contributed by atoms with Crippen LogP contribution < -0.4 is 10.5 Å². The van der Waals surface area contributed by atoms with Crippen LogP contribution in [-0.2, 0) is 0 Å². The number of nitrogens with one attached hydrogen (secondary N) is 1. The Morgan fingerprint density at radius 1 is 1.44 bits per heavy atom. The number of hydrogen-bond donors (Lipinski definition) is 2. The molecule has 0 fully saturated rings. The molecule has 2 heterocycles. The van der Waals surface area contributed by atoms with E-state index in [-0.39, 0.29) is 11.9 Å². The molecule has 0 aliphatic carbocycles. The number of ether oxygens (including phenoxy) is 1. The Hall–Kier alpha value is -2.37. The predicted octanol–water partition coefficient (Wildman–Crippen LogP) is 1.94. The van der Waals surface area contributed by atoms with Gasteiger partial charge in [-0.2, -0.15) is 5.10 Å². The van der Waals surface area contributed by atoms with Crippen LogP contribution in [0.3, 0.4) is 0 Å². The summed E-state index contributed by atoms with van der Waals surface area (Å²) in [7, 11) is 0. The molecular weight excluding hydrogens is 230 g/mol. The van der Waals surface area contributed by atoms with Gasteiger partial charge in [-0.1, -0.05) is 0 Å². The maximum atomic E-state index is 7.32. The zero-order chi connectivity index (χ0) is 13.1. The largest absolute Gasteiger partial charge is 0.454 e. The fourth-order valence-corrected chi connectivity index (χ4v) is 1.41. The first kappa shape index (κ1) is 12.1. The Balaban J connectivity index is 2.17. The molecule has 18 heavy (non-hydrogen) atoms. The van der Waals surface area contributed by atoms with Gasteiger partial charge in [-0.3, -0.25) is 15.1 Å². The number of hydrogen-bond acceptors (Lipinski definition) is 4. The second-order valence-electron chi connectivity index (χ2n) is 4.14. The van der Waals surface area contributed by atoms with Crippen molar-refractivity contribution in [2.24, 2.45) is 5.73 Å². The lowest BCUT2D eigenvalue weighted by Gasteiger charge is -2.05. The van der Waals surface area contributed by atoms with E-state index in [1.54, 1.807) is 24.5 Å². The van der Waals surface area contributed by atoms with Gasteiger partial charge in [0.05, 0.1) is 12.4 Å². The maximum Gasteiger partial charge on any atom is 0.165 e. The first-order chi connectivity index (χ1) is 8.56. The highest BCUT2D eigenvalue weighted by Crippen LogP contribution is 2.21. The van der Waals surface area contributed by atoms with Gasteiger partial charge in [0, 0.05) is 18.3 Å². The van der Waals surface area contributed by atoms with Crippen molar-refractivity contribution < 1.29 is 4.74 Å². The van der Waals surface area contributed by atoms with E-state index in [1.165, 1.54) is 0 Å². The summed E-state index contributed by atoms with van der Waals surface area (Å²) < 4.78 is 7.43. The van der Waals surface area contributed by atoms with Crippen molar-refractivity contribution in [2.45, 2.75) is 19.9 Å². The number of pyridine rings is 1. The predicted molar refractivity (Wildman–Crippen MR) is 67.9 cm³/mol. The summed E-state index contributed by atoms with van der Waals surface area (Å²) >= 11 is 0. The summed E-state index contributed by atoms with van der Waals surface area (Å²) in [6.07, 6.45) is 5.02. The number of aromatic nitrogens is 3. The molecule has 0 radical (unpaired) electrons. The summed E-state index contributed by atoms with van der Waals surface area (Å²) in [6.45, 7) is 4.08. The molecule has 0 amide bonds. The highest BCUT2D eigenvalue weighted by Gasteiger charge is 2.05. The molecule has 0 aliphatic heterocycles. The van der Waals surface area contributed by atoms with Crippen LogP contribution in [0.5, 0.6) is 11.5 Å². The third kappa shape index (κ3) is 2.65. The SMILES string of the molecule is CC(C)n1cc(Oc2ccnc(C(=N)N)c2)cn1.